The van der Waals surface area contributed by atoms with Gasteiger partial charge in [-0.05, 0) is 25.7 Å². The summed E-state index contributed by atoms with van der Waals surface area (Å²) < 4.78 is 2.13. The van der Waals surface area contributed by atoms with Crippen molar-refractivity contribution in [3.05, 3.63) is 36.0 Å². The number of para-hydroxylation sites is 1. The summed E-state index contributed by atoms with van der Waals surface area (Å²) in [6.07, 6.45) is 2.15. The van der Waals surface area contributed by atoms with Crippen LogP contribution in [0.2, 0.25) is 0 Å². The molecule has 2 rings (SSSR count). The number of likely N-dealkylation sites (N-methyl/N-ethyl adjacent to an activating group) is 1. The number of nitrogens with one attached hydrogen (secondary N) is 1. The highest BCUT2D eigenvalue weighted by Crippen LogP contribution is 2.28. The maximum atomic E-state index is 11.1. The summed E-state index contributed by atoms with van der Waals surface area (Å²) in [6, 6.07) is 8.52. The van der Waals surface area contributed by atoms with Crippen LogP contribution >= 0.6 is 0 Å². The van der Waals surface area contributed by atoms with E-state index in [1.54, 1.807) is 6.92 Å². The second-order valence-corrected chi connectivity index (χ2v) is 5.13. The van der Waals surface area contributed by atoms with Gasteiger partial charge in [0.2, 0.25) is 5.91 Å². The van der Waals surface area contributed by atoms with Crippen molar-refractivity contribution in [2.24, 2.45) is 7.05 Å². The van der Waals surface area contributed by atoms with E-state index >= 15 is 0 Å². The summed E-state index contributed by atoms with van der Waals surface area (Å²) >= 11 is 0. The lowest BCUT2D eigenvalue weighted by molar-refractivity contribution is -0.119. The van der Waals surface area contributed by atoms with Crippen LogP contribution in [0.1, 0.15) is 18.5 Å². The molecule has 2 aromatic rings. The molecule has 1 unspecified atom stereocenters. The van der Waals surface area contributed by atoms with Gasteiger partial charge in [-0.25, -0.2) is 0 Å². The molecule has 0 aliphatic rings. The first-order chi connectivity index (χ1) is 9.00. The molecular formula is C15H21N3O. The predicted octanol–water partition coefficient (Wildman–Crippen LogP) is 1.92. The topological polar surface area (TPSA) is 37.3 Å². The fourth-order valence-electron chi connectivity index (χ4n) is 2.45. The van der Waals surface area contributed by atoms with Gasteiger partial charge in [-0.2, -0.15) is 0 Å². The Bertz CT molecular complexity index is 586. The van der Waals surface area contributed by atoms with E-state index < -0.39 is 0 Å². The molecule has 0 saturated carbocycles. The van der Waals surface area contributed by atoms with Crippen LogP contribution in [0.4, 0.5) is 0 Å². The fourth-order valence-corrected chi connectivity index (χ4v) is 2.45. The highest BCUT2D eigenvalue weighted by molar-refractivity contribution is 5.84. The van der Waals surface area contributed by atoms with E-state index in [4.69, 9.17) is 0 Å². The number of carbonyl (C=O) groups excluding carboxylic acids is 1. The van der Waals surface area contributed by atoms with Crippen molar-refractivity contribution in [1.82, 2.24) is 14.8 Å². The third kappa shape index (κ3) is 2.79. The number of carbonyl (C=O) groups is 1. The highest BCUT2D eigenvalue weighted by Gasteiger charge is 2.19. The molecule has 1 amide bonds. The van der Waals surface area contributed by atoms with Gasteiger partial charge in [-0.3, -0.25) is 4.79 Å². The lowest BCUT2D eigenvalue weighted by Gasteiger charge is -2.24. The number of hydrogen-bond donors (Lipinski definition) is 1. The van der Waals surface area contributed by atoms with Crippen molar-refractivity contribution in [2.45, 2.75) is 13.0 Å². The molecule has 1 aromatic carbocycles. The van der Waals surface area contributed by atoms with Crippen LogP contribution in [0, 0.1) is 0 Å². The van der Waals surface area contributed by atoms with Crippen LogP contribution in [0.5, 0.6) is 0 Å². The number of amides is 1. The number of aryl methyl sites for hydroxylation is 1. The van der Waals surface area contributed by atoms with Crippen molar-refractivity contribution < 1.29 is 4.79 Å². The molecule has 1 heterocycles. The first kappa shape index (κ1) is 13.6. The fraction of sp³-hybridized carbons (Fsp3) is 0.400. The maximum absolute atomic E-state index is 11.1. The summed E-state index contributed by atoms with van der Waals surface area (Å²) in [4.78, 5) is 13.3. The summed E-state index contributed by atoms with van der Waals surface area (Å²) in [5, 5.41) is 4.15. The van der Waals surface area contributed by atoms with Crippen molar-refractivity contribution >= 4 is 16.8 Å². The lowest BCUT2D eigenvalue weighted by atomic mass is 10.0. The van der Waals surface area contributed by atoms with Gasteiger partial charge in [0.1, 0.15) is 0 Å². The van der Waals surface area contributed by atoms with Crippen molar-refractivity contribution in [3.8, 4) is 0 Å². The Kier molecular flexibility index (Phi) is 3.90. The van der Waals surface area contributed by atoms with Crippen LogP contribution in [-0.4, -0.2) is 36.0 Å². The molecular weight excluding hydrogens is 238 g/mol. The van der Waals surface area contributed by atoms with Crippen LogP contribution in [0.15, 0.2) is 30.5 Å². The molecule has 102 valence electrons. The van der Waals surface area contributed by atoms with Gasteiger partial charge < -0.3 is 14.8 Å². The Labute approximate surface area is 114 Å². The van der Waals surface area contributed by atoms with E-state index in [-0.39, 0.29) is 11.9 Å². The molecule has 1 atom stereocenters. The highest BCUT2D eigenvalue weighted by atomic mass is 16.1. The zero-order chi connectivity index (χ0) is 14.0. The Morgan fingerprint density at radius 2 is 2.05 bits per heavy atom. The molecule has 4 nitrogen and oxygen atoms in total. The Balaban J connectivity index is 2.41. The number of benzene rings is 1. The predicted molar refractivity (Wildman–Crippen MR) is 78.0 cm³/mol. The zero-order valence-corrected chi connectivity index (χ0v) is 12.0. The van der Waals surface area contributed by atoms with E-state index in [2.05, 4.69) is 46.2 Å². The average molecular weight is 259 g/mol. The van der Waals surface area contributed by atoms with Gasteiger partial charge >= 0.3 is 0 Å². The lowest BCUT2D eigenvalue weighted by Crippen LogP contribution is -2.33. The van der Waals surface area contributed by atoms with Crippen LogP contribution in [0.3, 0.4) is 0 Å². The van der Waals surface area contributed by atoms with Gasteiger partial charge in [0.15, 0.2) is 0 Å². The van der Waals surface area contributed by atoms with Gasteiger partial charge in [-0.1, -0.05) is 18.2 Å². The third-order valence-electron chi connectivity index (χ3n) is 3.45. The minimum absolute atomic E-state index is 0.00656. The molecule has 1 N–H and O–H groups in total. The summed E-state index contributed by atoms with van der Waals surface area (Å²) in [5.74, 6) is 0.00656. The normalized spacial score (nSPS) is 12.9. The molecule has 0 bridgehead atoms. The first-order valence-corrected chi connectivity index (χ1v) is 6.45. The standard InChI is InChI=1S/C15H21N3O/c1-11(19)16-9-15(17(2)3)13-10-18(4)14-8-6-5-7-12(13)14/h5-8,10,15H,9H2,1-4H3,(H,16,19). The van der Waals surface area contributed by atoms with Crippen LogP contribution < -0.4 is 5.32 Å². The molecule has 0 saturated heterocycles. The number of hydrogen-bond acceptors (Lipinski definition) is 2. The third-order valence-corrected chi connectivity index (χ3v) is 3.45. The summed E-state index contributed by atoms with van der Waals surface area (Å²) in [7, 11) is 6.12. The quantitative estimate of drug-likeness (QED) is 0.911. The minimum atomic E-state index is 0.00656. The average Bonchev–Trinajstić information content (AvgIpc) is 2.67. The SMILES string of the molecule is CC(=O)NCC(c1cn(C)c2ccccc12)N(C)C. The Morgan fingerprint density at radius 1 is 1.37 bits per heavy atom. The van der Waals surface area contributed by atoms with E-state index in [0.29, 0.717) is 6.54 Å². The van der Waals surface area contributed by atoms with Gasteiger partial charge in [0, 0.05) is 37.6 Å². The van der Waals surface area contributed by atoms with Gasteiger partial charge in [0.25, 0.3) is 0 Å². The van der Waals surface area contributed by atoms with E-state index in [0.717, 1.165) is 0 Å². The second kappa shape index (κ2) is 5.45. The molecule has 0 fully saturated rings. The zero-order valence-electron chi connectivity index (χ0n) is 12.0. The van der Waals surface area contributed by atoms with Crippen LogP contribution in [-0.2, 0) is 11.8 Å². The van der Waals surface area contributed by atoms with E-state index in [9.17, 15) is 4.79 Å². The van der Waals surface area contributed by atoms with E-state index in [1.807, 2.05) is 20.2 Å². The van der Waals surface area contributed by atoms with Gasteiger partial charge in [-0.15, -0.1) is 0 Å². The molecule has 1 aromatic heterocycles. The number of aromatic nitrogens is 1. The number of rotatable bonds is 4. The first-order valence-electron chi connectivity index (χ1n) is 6.45. The smallest absolute Gasteiger partial charge is 0.216 e. The van der Waals surface area contributed by atoms with Crippen LogP contribution in [0.25, 0.3) is 10.9 Å². The molecule has 0 aliphatic heterocycles. The number of fused-ring (bicyclic) bond motifs is 1. The van der Waals surface area contributed by atoms with Crippen molar-refractivity contribution in [3.63, 3.8) is 0 Å². The largest absolute Gasteiger partial charge is 0.354 e. The van der Waals surface area contributed by atoms with Crippen molar-refractivity contribution in [2.75, 3.05) is 20.6 Å². The molecule has 0 aliphatic carbocycles. The molecule has 4 heteroatoms. The summed E-state index contributed by atoms with van der Waals surface area (Å²) in [5.41, 5.74) is 2.46. The second-order valence-electron chi connectivity index (χ2n) is 5.13. The Morgan fingerprint density at radius 3 is 2.68 bits per heavy atom. The van der Waals surface area contributed by atoms with Crippen molar-refractivity contribution in [1.29, 1.82) is 0 Å². The van der Waals surface area contributed by atoms with E-state index in [1.165, 1.54) is 16.5 Å². The maximum Gasteiger partial charge on any atom is 0.216 e. The molecule has 19 heavy (non-hydrogen) atoms. The monoisotopic (exact) mass is 259 g/mol. The van der Waals surface area contributed by atoms with Gasteiger partial charge in [0.05, 0.1) is 6.04 Å². The molecule has 0 spiro atoms. The summed E-state index contributed by atoms with van der Waals surface area (Å²) in [6.45, 7) is 2.17. The minimum Gasteiger partial charge on any atom is -0.354 e. The molecule has 0 radical (unpaired) electrons. The number of nitrogens with zero attached hydrogens (tertiary/aromatic N) is 2. The Hall–Kier alpha value is -1.81.